The first kappa shape index (κ1) is 13.0. The molecule has 3 unspecified atom stereocenters. The first-order valence-corrected chi connectivity index (χ1v) is 6.44. The van der Waals surface area contributed by atoms with Crippen molar-refractivity contribution in [2.45, 2.75) is 78.1 Å². The third kappa shape index (κ3) is 2.36. The Morgan fingerprint density at radius 3 is 2.33 bits per heavy atom. The average molecular weight is 214 g/mol. The van der Waals surface area contributed by atoms with Gasteiger partial charge in [-0.15, -0.1) is 0 Å². The summed E-state index contributed by atoms with van der Waals surface area (Å²) in [6, 6.07) is 0. The number of aliphatic hydroxyl groups excluding tert-OH is 1. The SMILES string of the molecule is CCCC(C)OC1CC(O)C1(CC)CC. The molecule has 0 saturated heterocycles. The fourth-order valence-electron chi connectivity index (χ4n) is 2.85. The smallest absolute Gasteiger partial charge is 0.0684 e. The highest BCUT2D eigenvalue weighted by Crippen LogP contribution is 2.49. The van der Waals surface area contributed by atoms with Crippen molar-refractivity contribution in [3.63, 3.8) is 0 Å². The highest BCUT2D eigenvalue weighted by Gasteiger charge is 2.53. The van der Waals surface area contributed by atoms with Crippen LogP contribution in [0.4, 0.5) is 0 Å². The van der Waals surface area contributed by atoms with E-state index in [1.54, 1.807) is 0 Å². The first-order chi connectivity index (χ1) is 7.10. The number of aliphatic hydroxyl groups is 1. The van der Waals surface area contributed by atoms with E-state index in [0.717, 1.165) is 25.7 Å². The molecule has 15 heavy (non-hydrogen) atoms. The van der Waals surface area contributed by atoms with E-state index >= 15 is 0 Å². The van der Waals surface area contributed by atoms with Gasteiger partial charge in [0.25, 0.3) is 0 Å². The number of rotatable bonds is 6. The van der Waals surface area contributed by atoms with Gasteiger partial charge in [-0.3, -0.25) is 0 Å². The highest BCUT2D eigenvalue weighted by molar-refractivity contribution is 5.02. The Balaban J connectivity index is 2.49. The van der Waals surface area contributed by atoms with Crippen molar-refractivity contribution in [3.05, 3.63) is 0 Å². The lowest BCUT2D eigenvalue weighted by Crippen LogP contribution is -2.58. The summed E-state index contributed by atoms with van der Waals surface area (Å²) in [5.41, 5.74) is 0.0437. The predicted octanol–water partition coefficient (Wildman–Crippen LogP) is 3.13. The van der Waals surface area contributed by atoms with Crippen molar-refractivity contribution in [1.29, 1.82) is 0 Å². The lowest BCUT2D eigenvalue weighted by Gasteiger charge is -2.53. The molecule has 0 radical (unpaired) electrons. The van der Waals surface area contributed by atoms with Gasteiger partial charge in [0, 0.05) is 11.8 Å². The van der Waals surface area contributed by atoms with Gasteiger partial charge in [-0.2, -0.15) is 0 Å². The van der Waals surface area contributed by atoms with Crippen LogP contribution in [0.5, 0.6) is 0 Å². The Morgan fingerprint density at radius 2 is 1.93 bits per heavy atom. The molecule has 1 aliphatic carbocycles. The van der Waals surface area contributed by atoms with E-state index in [0.29, 0.717) is 6.10 Å². The molecule has 1 saturated carbocycles. The van der Waals surface area contributed by atoms with E-state index in [1.807, 2.05) is 0 Å². The van der Waals surface area contributed by atoms with Crippen LogP contribution in [0.25, 0.3) is 0 Å². The molecule has 2 heteroatoms. The maximum Gasteiger partial charge on any atom is 0.0684 e. The molecule has 0 aliphatic heterocycles. The largest absolute Gasteiger partial charge is 0.392 e. The summed E-state index contributed by atoms with van der Waals surface area (Å²) in [4.78, 5) is 0. The van der Waals surface area contributed by atoms with Gasteiger partial charge < -0.3 is 9.84 Å². The molecule has 1 rings (SSSR count). The lowest BCUT2D eigenvalue weighted by molar-refractivity contribution is -0.211. The summed E-state index contributed by atoms with van der Waals surface area (Å²) in [5.74, 6) is 0. The molecule has 0 aromatic heterocycles. The zero-order valence-electron chi connectivity index (χ0n) is 10.6. The molecule has 0 bridgehead atoms. The number of hydrogen-bond donors (Lipinski definition) is 1. The van der Waals surface area contributed by atoms with E-state index in [2.05, 4.69) is 27.7 Å². The second-order valence-electron chi connectivity index (χ2n) is 4.92. The van der Waals surface area contributed by atoms with Crippen LogP contribution in [0.2, 0.25) is 0 Å². The average Bonchev–Trinajstić information content (AvgIpc) is 2.19. The number of ether oxygens (including phenoxy) is 1. The lowest BCUT2D eigenvalue weighted by atomic mass is 9.60. The summed E-state index contributed by atoms with van der Waals surface area (Å²) < 4.78 is 6.03. The van der Waals surface area contributed by atoms with Crippen LogP contribution in [-0.4, -0.2) is 23.4 Å². The van der Waals surface area contributed by atoms with Crippen molar-refractivity contribution in [1.82, 2.24) is 0 Å². The van der Waals surface area contributed by atoms with Crippen molar-refractivity contribution < 1.29 is 9.84 Å². The summed E-state index contributed by atoms with van der Waals surface area (Å²) in [7, 11) is 0. The van der Waals surface area contributed by atoms with Crippen molar-refractivity contribution in [3.8, 4) is 0 Å². The fraction of sp³-hybridized carbons (Fsp3) is 1.00. The monoisotopic (exact) mass is 214 g/mol. The zero-order chi connectivity index (χ0) is 11.5. The minimum absolute atomic E-state index is 0.0437. The summed E-state index contributed by atoms with van der Waals surface area (Å²) in [5, 5.41) is 9.89. The van der Waals surface area contributed by atoms with Crippen LogP contribution in [0, 0.1) is 5.41 Å². The van der Waals surface area contributed by atoms with Crippen LogP contribution in [0.3, 0.4) is 0 Å². The Morgan fingerprint density at radius 1 is 1.33 bits per heavy atom. The Labute approximate surface area is 94.0 Å². The zero-order valence-corrected chi connectivity index (χ0v) is 10.6. The topological polar surface area (TPSA) is 29.5 Å². The minimum Gasteiger partial charge on any atom is -0.392 e. The number of hydrogen-bond acceptors (Lipinski definition) is 2. The quantitative estimate of drug-likeness (QED) is 0.736. The van der Waals surface area contributed by atoms with Gasteiger partial charge >= 0.3 is 0 Å². The fourth-order valence-corrected chi connectivity index (χ4v) is 2.85. The molecular weight excluding hydrogens is 188 g/mol. The third-order valence-electron chi connectivity index (χ3n) is 4.15. The molecule has 0 spiro atoms. The second kappa shape index (κ2) is 5.31. The van der Waals surface area contributed by atoms with Crippen molar-refractivity contribution in [2.24, 2.45) is 5.41 Å². The maximum atomic E-state index is 9.89. The molecular formula is C13H26O2. The standard InChI is InChI=1S/C13H26O2/c1-5-8-10(4)15-12-9-11(14)13(12,6-2)7-3/h10-12,14H,5-9H2,1-4H3. The van der Waals surface area contributed by atoms with Crippen LogP contribution in [0.15, 0.2) is 0 Å². The summed E-state index contributed by atoms with van der Waals surface area (Å²) in [6.07, 6.45) is 5.64. The molecule has 3 atom stereocenters. The van der Waals surface area contributed by atoms with Crippen LogP contribution in [-0.2, 0) is 4.74 Å². The Kier molecular flexibility index (Phi) is 4.60. The Hall–Kier alpha value is -0.0800. The van der Waals surface area contributed by atoms with Crippen LogP contribution >= 0.6 is 0 Å². The normalized spacial score (nSPS) is 31.0. The third-order valence-corrected chi connectivity index (χ3v) is 4.15. The van der Waals surface area contributed by atoms with Gasteiger partial charge in [-0.1, -0.05) is 27.2 Å². The molecule has 90 valence electrons. The van der Waals surface area contributed by atoms with Crippen LogP contribution < -0.4 is 0 Å². The first-order valence-electron chi connectivity index (χ1n) is 6.44. The van der Waals surface area contributed by atoms with Gasteiger partial charge in [0.15, 0.2) is 0 Å². The van der Waals surface area contributed by atoms with Gasteiger partial charge in [-0.25, -0.2) is 0 Å². The molecule has 2 nitrogen and oxygen atoms in total. The molecule has 0 aromatic rings. The summed E-state index contributed by atoms with van der Waals surface area (Å²) in [6.45, 7) is 8.64. The molecule has 0 aromatic carbocycles. The van der Waals surface area contributed by atoms with Gasteiger partial charge in [-0.05, 0) is 26.2 Å². The van der Waals surface area contributed by atoms with E-state index < -0.39 is 0 Å². The van der Waals surface area contributed by atoms with Crippen molar-refractivity contribution in [2.75, 3.05) is 0 Å². The van der Waals surface area contributed by atoms with Gasteiger partial charge in [0.05, 0.1) is 18.3 Å². The van der Waals surface area contributed by atoms with E-state index in [4.69, 9.17) is 4.74 Å². The second-order valence-corrected chi connectivity index (χ2v) is 4.92. The molecule has 1 N–H and O–H groups in total. The highest BCUT2D eigenvalue weighted by atomic mass is 16.5. The van der Waals surface area contributed by atoms with Crippen LogP contribution in [0.1, 0.15) is 59.8 Å². The van der Waals surface area contributed by atoms with Crippen molar-refractivity contribution >= 4 is 0 Å². The van der Waals surface area contributed by atoms with E-state index in [1.165, 1.54) is 6.42 Å². The summed E-state index contributed by atoms with van der Waals surface area (Å²) >= 11 is 0. The molecule has 1 fully saturated rings. The van der Waals surface area contributed by atoms with Gasteiger partial charge in [0.1, 0.15) is 0 Å². The molecule has 1 aliphatic rings. The predicted molar refractivity (Wildman–Crippen MR) is 62.9 cm³/mol. The molecule has 0 heterocycles. The van der Waals surface area contributed by atoms with Gasteiger partial charge in [0.2, 0.25) is 0 Å². The van der Waals surface area contributed by atoms with E-state index in [-0.39, 0.29) is 17.6 Å². The maximum absolute atomic E-state index is 9.89. The Bertz CT molecular complexity index is 187. The molecule has 0 amide bonds. The minimum atomic E-state index is -0.147. The van der Waals surface area contributed by atoms with E-state index in [9.17, 15) is 5.11 Å².